The fourth-order valence-corrected chi connectivity index (χ4v) is 4.39. The van der Waals surface area contributed by atoms with Crippen molar-refractivity contribution < 1.29 is 19.1 Å². The van der Waals surface area contributed by atoms with E-state index in [0.29, 0.717) is 36.1 Å². The minimum absolute atomic E-state index is 0.0137. The molecular formula is C30H37N3O4. The molecule has 0 spiro atoms. The topological polar surface area (TPSA) is 64.0 Å². The normalized spacial score (nSPS) is 12.3. The SMILES string of the molecule is CC(C)CCN(CC(=O)N(Cc1cccn1Cc1ccccc1)C(C)C)C(=O)c1ccc2c(c1)OCO2. The number of carbonyl (C=O) groups excluding carboxylic acids is 2. The predicted octanol–water partition coefficient (Wildman–Crippen LogP) is 5.19. The van der Waals surface area contributed by atoms with Gasteiger partial charge in [-0.3, -0.25) is 9.59 Å². The first kappa shape index (κ1) is 26.3. The molecule has 7 heteroatoms. The fourth-order valence-electron chi connectivity index (χ4n) is 4.39. The molecule has 2 heterocycles. The van der Waals surface area contributed by atoms with E-state index < -0.39 is 0 Å². The van der Waals surface area contributed by atoms with Crippen LogP contribution in [0.4, 0.5) is 0 Å². The summed E-state index contributed by atoms with van der Waals surface area (Å²) in [6, 6.07) is 19.5. The lowest BCUT2D eigenvalue weighted by Gasteiger charge is -2.31. The van der Waals surface area contributed by atoms with Crippen molar-refractivity contribution in [1.82, 2.24) is 14.4 Å². The van der Waals surface area contributed by atoms with Crippen molar-refractivity contribution in [1.29, 1.82) is 0 Å². The van der Waals surface area contributed by atoms with Crippen LogP contribution >= 0.6 is 0 Å². The Hall–Kier alpha value is -3.74. The molecule has 0 atom stereocenters. The Bertz CT molecular complexity index is 1200. The van der Waals surface area contributed by atoms with Crippen LogP contribution in [0.2, 0.25) is 0 Å². The van der Waals surface area contributed by atoms with Crippen LogP contribution in [0.3, 0.4) is 0 Å². The van der Waals surface area contributed by atoms with Crippen LogP contribution in [0, 0.1) is 5.92 Å². The van der Waals surface area contributed by atoms with Crippen LogP contribution in [0.5, 0.6) is 11.5 Å². The van der Waals surface area contributed by atoms with Crippen molar-refractivity contribution in [3.05, 3.63) is 83.7 Å². The molecule has 1 aliphatic rings. The van der Waals surface area contributed by atoms with Gasteiger partial charge in [0.05, 0.1) is 6.54 Å². The van der Waals surface area contributed by atoms with E-state index in [-0.39, 0.29) is 31.2 Å². The van der Waals surface area contributed by atoms with Gasteiger partial charge in [0.2, 0.25) is 12.7 Å². The fraction of sp³-hybridized carbons (Fsp3) is 0.400. The lowest BCUT2D eigenvalue weighted by atomic mass is 10.1. The first-order valence-electron chi connectivity index (χ1n) is 13.0. The van der Waals surface area contributed by atoms with E-state index in [1.165, 1.54) is 5.56 Å². The molecule has 1 aromatic heterocycles. The zero-order valence-corrected chi connectivity index (χ0v) is 22.2. The Kier molecular flexibility index (Phi) is 8.54. The predicted molar refractivity (Wildman–Crippen MR) is 144 cm³/mol. The number of rotatable bonds is 11. The van der Waals surface area contributed by atoms with E-state index in [9.17, 15) is 9.59 Å². The molecule has 3 aromatic rings. The van der Waals surface area contributed by atoms with Crippen molar-refractivity contribution in [2.45, 2.75) is 53.2 Å². The number of fused-ring (bicyclic) bond motifs is 1. The van der Waals surface area contributed by atoms with E-state index >= 15 is 0 Å². The minimum atomic E-state index is -0.177. The number of aromatic nitrogens is 1. The number of nitrogens with zero attached hydrogens (tertiary/aromatic N) is 3. The van der Waals surface area contributed by atoms with E-state index in [4.69, 9.17) is 9.47 Å². The molecule has 2 aromatic carbocycles. The second-order valence-electron chi connectivity index (χ2n) is 10.2. The smallest absolute Gasteiger partial charge is 0.254 e. The Balaban J connectivity index is 1.50. The summed E-state index contributed by atoms with van der Waals surface area (Å²) < 4.78 is 13.0. The van der Waals surface area contributed by atoms with Gasteiger partial charge in [0.1, 0.15) is 6.54 Å². The summed E-state index contributed by atoms with van der Waals surface area (Å²) in [4.78, 5) is 30.7. The van der Waals surface area contributed by atoms with Crippen molar-refractivity contribution in [3.63, 3.8) is 0 Å². The highest BCUT2D eigenvalue weighted by atomic mass is 16.7. The molecule has 0 fully saturated rings. The summed E-state index contributed by atoms with van der Waals surface area (Å²) in [7, 11) is 0. The molecule has 0 N–H and O–H groups in total. The van der Waals surface area contributed by atoms with Crippen LogP contribution < -0.4 is 9.47 Å². The van der Waals surface area contributed by atoms with E-state index in [0.717, 1.165) is 18.7 Å². The Labute approximate surface area is 219 Å². The van der Waals surface area contributed by atoms with E-state index in [1.54, 1.807) is 23.1 Å². The van der Waals surface area contributed by atoms with Gasteiger partial charge in [-0.1, -0.05) is 44.2 Å². The zero-order valence-electron chi connectivity index (χ0n) is 22.2. The van der Waals surface area contributed by atoms with Crippen LogP contribution in [0.1, 0.15) is 55.7 Å². The van der Waals surface area contributed by atoms with E-state index in [2.05, 4.69) is 36.6 Å². The molecule has 1 aliphatic heterocycles. The first-order valence-corrected chi connectivity index (χ1v) is 13.0. The standard InChI is InChI=1S/C30H37N3O4/c1-22(2)14-16-32(30(35)25-12-13-27-28(17-25)37-21-36-27)20-29(34)33(23(3)4)19-26-11-8-15-31(26)18-24-9-6-5-7-10-24/h5-13,15,17,22-23H,14,16,18-21H2,1-4H3. The Morgan fingerprint density at radius 3 is 2.43 bits per heavy atom. The summed E-state index contributed by atoms with van der Waals surface area (Å²) in [5, 5.41) is 0. The van der Waals surface area contributed by atoms with Gasteiger partial charge >= 0.3 is 0 Å². The number of carbonyl (C=O) groups is 2. The number of benzene rings is 2. The van der Waals surface area contributed by atoms with Gasteiger partial charge < -0.3 is 23.8 Å². The highest BCUT2D eigenvalue weighted by Gasteiger charge is 2.26. The maximum atomic E-state index is 13.6. The molecule has 0 radical (unpaired) electrons. The van der Waals surface area contributed by atoms with Crippen LogP contribution in [-0.4, -0.2) is 52.1 Å². The van der Waals surface area contributed by atoms with Gasteiger partial charge in [-0.15, -0.1) is 0 Å². The summed E-state index contributed by atoms with van der Waals surface area (Å²) in [5.74, 6) is 1.35. The monoisotopic (exact) mass is 503 g/mol. The molecule has 4 rings (SSSR count). The lowest BCUT2D eigenvalue weighted by molar-refractivity contribution is -0.134. The number of hydrogen-bond donors (Lipinski definition) is 0. The second kappa shape index (κ2) is 12.0. The average Bonchev–Trinajstić information content (AvgIpc) is 3.53. The lowest BCUT2D eigenvalue weighted by Crippen LogP contribution is -2.46. The van der Waals surface area contributed by atoms with Gasteiger partial charge in [0, 0.05) is 36.6 Å². The zero-order chi connectivity index (χ0) is 26.4. The molecule has 7 nitrogen and oxygen atoms in total. The molecule has 0 saturated heterocycles. The molecule has 0 aliphatic carbocycles. The summed E-state index contributed by atoms with van der Waals surface area (Å²) in [6.07, 6.45) is 2.86. The third-order valence-electron chi connectivity index (χ3n) is 6.60. The van der Waals surface area contributed by atoms with E-state index in [1.807, 2.05) is 49.2 Å². The minimum Gasteiger partial charge on any atom is -0.454 e. The van der Waals surface area contributed by atoms with Gasteiger partial charge in [-0.25, -0.2) is 0 Å². The van der Waals surface area contributed by atoms with Crippen LogP contribution in [0.25, 0.3) is 0 Å². The molecule has 2 amide bonds. The highest BCUT2D eigenvalue weighted by molar-refractivity contribution is 5.97. The quantitative estimate of drug-likeness (QED) is 0.361. The summed E-state index contributed by atoms with van der Waals surface area (Å²) in [5.41, 5.74) is 2.76. The van der Waals surface area contributed by atoms with Crippen molar-refractivity contribution in [2.24, 2.45) is 5.92 Å². The second-order valence-corrected chi connectivity index (χ2v) is 10.2. The summed E-state index contributed by atoms with van der Waals surface area (Å²) in [6.45, 7) is 10.2. The molecule has 37 heavy (non-hydrogen) atoms. The first-order chi connectivity index (χ1) is 17.8. The van der Waals surface area contributed by atoms with Crippen molar-refractivity contribution in [3.8, 4) is 11.5 Å². The number of ether oxygens (including phenoxy) is 2. The third kappa shape index (κ3) is 6.73. The van der Waals surface area contributed by atoms with Crippen molar-refractivity contribution >= 4 is 11.8 Å². The van der Waals surface area contributed by atoms with Crippen LogP contribution in [-0.2, 0) is 17.9 Å². The maximum absolute atomic E-state index is 13.6. The Morgan fingerprint density at radius 2 is 1.70 bits per heavy atom. The van der Waals surface area contributed by atoms with Gasteiger partial charge in [0.15, 0.2) is 11.5 Å². The Morgan fingerprint density at radius 1 is 0.946 bits per heavy atom. The maximum Gasteiger partial charge on any atom is 0.254 e. The number of hydrogen-bond acceptors (Lipinski definition) is 4. The average molecular weight is 504 g/mol. The molecule has 0 saturated carbocycles. The number of amides is 2. The highest BCUT2D eigenvalue weighted by Crippen LogP contribution is 2.33. The largest absolute Gasteiger partial charge is 0.454 e. The van der Waals surface area contributed by atoms with Gasteiger partial charge in [0.25, 0.3) is 5.91 Å². The third-order valence-corrected chi connectivity index (χ3v) is 6.60. The molecule has 0 bridgehead atoms. The van der Waals surface area contributed by atoms with Crippen LogP contribution in [0.15, 0.2) is 66.9 Å². The summed E-state index contributed by atoms with van der Waals surface area (Å²) >= 11 is 0. The van der Waals surface area contributed by atoms with Gasteiger partial charge in [-0.2, -0.15) is 0 Å². The van der Waals surface area contributed by atoms with Crippen molar-refractivity contribution in [2.75, 3.05) is 19.9 Å². The molecule has 0 unspecified atom stereocenters. The van der Waals surface area contributed by atoms with Gasteiger partial charge in [-0.05, 0) is 62.1 Å². The molecular weight excluding hydrogens is 466 g/mol. The molecule has 196 valence electrons.